The summed E-state index contributed by atoms with van der Waals surface area (Å²) in [5.74, 6) is 0.279. The SMILES string of the molecule is CCCCCCCCCCCCCCCCS(=O)(=O)NC. The molecule has 0 aromatic heterocycles. The Hall–Kier alpha value is -0.0900. The highest BCUT2D eigenvalue weighted by Gasteiger charge is 2.05. The average Bonchev–Trinajstić information content (AvgIpc) is 2.47. The Balaban J connectivity index is 3.09. The maximum atomic E-state index is 11.2. The molecule has 0 radical (unpaired) electrons. The molecular weight excluding hydrogens is 282 g/mol. The van der Waals surface area contributed by atoms with Gasteiger partial charge in [-0.15, -0.1) is 0 Å². The number of rotatable bonds is 16. The van der Waals surface area contributed by atoms with Crippen molar-refractivity contribution in [3.8, 4) is 0 Å². The van der Waals surface area contributed by atoms with Crippen molar-refractivity contribution in [2.24, 2.45) is 0 Å². The van der Waals surface area contributed by atoms with Crippen molar-refractivity contribution >= 4 is 10.0 Å². The molecule has 0 unspecified atom stereocenters. The molecule has 1 N–H and O–H groups in total. The highest BCUT2D eigenvalue weighted by molar-refractivity contribution is 7.89. The van der Waals surface area contributed by atoms with Gasteiger partial charge in [0.1, 0.15) is 0 Å². The van der Waals surface area contributed by atoms with Crippen molar-refractivity contribution < 1.29 is 8.42 Å². The first-order valence-electron chi connectivity index (χ1n) is 9.03. The lowest BCUT2D eigenvalue weighted by Crippen LogP contribution is -2.21. The molecule has 0 aromatic carbocycles. The standard InChI is InChI=1S/C17H37NO2S/c1-3-4-5-6-7-8-9-10-11-12-13-14-15-16-17-21(19,20)18-2/h18H,3-17H2,1-2H3. The fourth-order valence-electron chi connectivity index (χ4n) is 2.59. The summed E-state index contributed by atoms with van der Waals surface area (Å²) in [6, 6.07) is 0. The molecule has 0 heterocycles. The van der Waals surface area contributed by atoms with E-state index in [1.807, 2.05) is 0 Å². The van der Waals surface area contributed by atoms with Crippen LogP contribution in [0, 0.1) is 0 Å². The molecule has 0 aliphatic rings. The zero-order valence-corrected chi connectivity index (χ0v) is 15.1. The lowest BCUT2D eigenvalue weighted by Gasteiger charge is -2.04. The normalized spacial score (nSPS) is 11.9. The van der Waals surface area contributed by atoms with Gasteiger partial charge in [-0.25, -0.2) is 13.1 Å². The maximum Gasteiger partial charge on any atom is 0.211 e. The molecule has 0 bridgehead atoms. The molecular formula is C17H37NO2S. The van der Waals surface area contributed by atoms with Gasteiger partial charge >= 0.3 is 0 Å². The zero-order valence-electron chi connectivity index (χ0n) is 14.3. The smallest absolute Gasteiger partial charge is 0.211 e. The Kier molecular flexibility index (Phi) is 14.8. The van der Waals surface area contributed by atoms with Crippen LogP contribution in [-0.2, 0) is 10.0 Å². The van der Waals surface area contributed by atoms with Gasteiger partial charge in [-0.2, -0.15) is 0 Å². The summed E-state index contributed by atoms with van der Waals surface area (Å²) in [6.07, 6.45) is 18.1. The molecule has 0 rings (SSSR count). The summed E-state index contributed by atoms with van der Waals surface area (Å²) in [7, 11) is -1.50. The van der Waals surface area contributed by atoms with Gasteiger partial charge in [-0.1, -0.05) is 90.4 Å². The third kappa shape index (κ3) is 16.1. The van der Waals surface area contributed by atoms with Gasteiger partial charge in [0.05, 0.1) is 5.75 Å². The lowest BCUT2D eigenvalue weighted by molar-refractivity contribution is 0.536. The summed E-state index contributed by atoms with van der Waals surface area (Å²) in [4.78, 5) is 0. The van der Waals surface area contributed by atoms with Crippen LogP contribution in [-0.4, -0.2) is 21.2 Å². The maximum absolute atomic E-state index is 11.2. The van der Waals surface area contributed by atoms with Gasteiger partial charge in [0.25, 0.3) is 0 Å². The monoisotopic (exact) mass is 319 g/mol. The summed E-state index contributed by atoms with van der Waals surface area (Å²) in [5.41, 5.74) is 0. The second kappa shape index (κ2) is 14.8. The van der Waals surface area contributed by atoms with E-state index < -0.39 is 10.0 Å². The predicted molar refractivity (Wildman–Crippen MR) is 93.2 cm³/mol. The van der Waals surface area contributed by atoms with Crippen LogP contribution in [0.1, 0.15) is 96.8 Å². The van der Waals surface area contributed by atoms with Gasteiger partial charge in [0.15, 0.2) is 0 Å². The largest absolute Gasteiger partial charge is 0.218 e. The number of unbranched alkanes of at least 4 members (excludes halogenated alkanes) is 13. The minimum absolute atomic E-state index is 0.279. The van der Waals surface area contributed by atoms with Crippen LogP contribution in [0.5, 0.6) is 0 Å². The molecule has 0 saturated heterocycles. The third-order valence-corrected chi connectivity index (χ3v) is 5.53. The summed E-state index contributed by atoms with van der Waals surface area (Å²) in [6.45, 7) is 2.26. The van der Waals surface area contributed by atoms with Gasteiger partial charge < -0.3 is 0 Å². The first-order valence-corrected chi connectivity index (χ1v) is 10.7. The highest BCUT2D eigenvalue weighted by Crippen LogP contribution is 2.13. The molecule has 0 atom stereocenters. The van der Waals surface area contributed by atoms with E-state index in [0.717, 1.165) is 12.8 Å². The quantitative estimate of drug-likeness (QED) is 0.406. The van der Waals surface area contributed by atoms with E-state index in [-0.39, 0.29) is 5.75 Å². The Bertz CT molecular complexity index is 302. The Morgan fingerprint density at radius 1 is 0.619 bits per heavy atom. The fourth-order valence-corrected chi connectivity index (χ4v) is 3.38. The zero-order chi connectivity index (χ0) is 15.8. The van der Waals surface area contributed by atoms with Gasteiger partial charge in [0, 0.05) is 0 Å². The Morgan fingerprint density at radius 3 is 1.29 bits per heavy atom. The van der Waals surface area contributed by atoms with Crippen LogP contribution in [0.2, 0.25) is 0 Å². The summed E-state index contributed by atoms with van der Waals surface area (Å²) >= 11 is 0. The lowest BCUT2D eigenvalue weighted by atomic mass is 10.0. The Labute approximate surface area is 133 Å². The van der Waals surface area contributed by atoms with Crippen LogP contribution >= 0.6 is 0 Å². The summed E-state index contributed by atoms with van der Waals surface area (Å²) in [5, 5.41) is 0. The van der Waals surface area contributed by atoms with Gasteiger partial charge in [-0.05, 0) is 13.5 Å². The van der Waals surface area contributed by atoms with Crippen molar-refractivity contribution in [3.05, 3.63) is 0 Å². The molecule has 21 heavy (non-hydrogen) atoms. The van der Waals surface area contributed by atoms with E-state index in [0.29, 0.717) is 0 Å². The number of hydrogen-bond donors (Lipinski definition) is 1. The third-order valence-electron chi connectivity index (χ3n) is 4.08. The molecule has 0 aliphatic heterocycles. The molecule has 0 aromatic rings. The van der Waals surface area contributed by atoms with E-state index >= 15 is 0 Å². The first-order chi connectivity index (χ1) is 10.1. The van der Waals surface area contributed by atoms with Crippen molar-refractivity contribution in [3.63, 3.8) is 0 Å². The van der Waals surface area contributed by atoms with Crippen molar-refractivity contribution in [2.45, 2.75) is 96.8 Å². The first kappa shape index (κ1) is 20.9. The minimum Gasteiger partial charge on any atom is -0.218 e. The van der Waals surface area contributed by atoms with Crippen molar-refractivity contribution in [1.29, 1.82) is 0 Å². The van der Waals surface area contributed by atoms with Crippen LogP contribution in [0.3, 0.4) is 0 Å². The van der Waals surface area contributed by atoms with Crippen LogP contribution in [0.15, 0.2) is 0 Å². The van der Waals surface area contributed by atoms with Crippen LogP contribution in [0.25, 0.3) is 0 Å². The molecule has 0 saturated carbocycles. The second-order valence-corrected chi connectivity index (χ2v) is 8.17. The fraction of sp³-hybridized carbons (Fsp3) is 1.00. The molecule has 3 nitrogen and oxygen atoms in total. The van der Waals surface area contributed by atoms with E-state index in [1.165, 1.54) is 84.1 Å². The highest BCUT2D eigenvalue weighted by atomic mass is 32.2. The molecule has 128 valence electrons. The van der Waals surface area contributed by atoms with Crippen LogP contribution in [0.4, 0.5) is 0 Å². The molecule has 0 aliphatic carbocycles. The molecule has 4 heteroatoms. The van der Waals surface area contributed by atoms with Crippen molar-refractivity contribution in [2.75, 3.05) is 12.8 Å². The number of hydrogen-bond acceptors (Lipinski definition) is 2. The predicted octanol–water partition coefficient (Wildman–Crippen LogP) is 5.02. The summed E-state index contributed by atoms with van der Waals surface area (Å²) < 4.78 is 24.8. The van der Waals surface area contributed by atoms with Crippen LogP contribution < -0.4 is 4.72 Å². The molecule has 0 fully saturated rings. The van der Waals surface area contributed by atoms with E-state index in [1.54, 1.807) is 0 Å². The van der Waals surface area contributed by atoms with Crippen molar-refractivity contribution in [1.82, 2.24) is 4.72 Å². The molecule has 0 amide bonds. The van der Waals surface area contributed by atoms with Gasteiger partial charge in [-0.3, -0.25) is 0 Å². The minimum atomic E-state index is -2.99. The van der Waals surface area contributed by atoms with Gasteiger partial charge in [0.2, 0.25) is 10.0 Å². The Morgan fingerprint density at radius 2 is 0.952 bits per heavy atom. The molecule has 0 spiro atoms. The number of nitrogens with one attached hydrogen (secondary N) is 1. The van der Waals surface area contributed by atoms with E-state index in [4.69, 9.17) is 0 Å². The number of sulfonamides is 1. The average molecular weight is 320 g/mol. The topological polar surface area (TPSA) is 46.2 Å². The van der Waals surface area contributed by atoms with E-state index in [2.05, 4.69) is 11.6 Å². The van der Waals surface area contributed by atoms with E-state index in [9.17, 15) is 8.42 Å². The second-order valence-electron chi connectivity index (χ2n) is 6.12.